The summed E-state index contributed by atoms with van der Waals surface area (Å²) in [6.07, 6.45) is 0.682. The predicted octanol–water partition coefficient (Wildman–Crippen LogP) is 2.98. The van der Waals surface area contributed by atoms with Crippen molar-refractivity contribution in [2.45, 2.75) is 25.9 Å². The number of nitro benzene ring substituents is 1. The van der Waals surface area contributed by atoms with Gasteiger partial charge in [0.05, 0.1) is 4.92 Å². The fraction of sp³-hybridized carbons (Fsp3) is 0.400. The van der Waals surface area contributed by atoms with E-state index in [0.717, 1.165) is 37.4 Å². The zero-order chi connectivity index (χ0) is 18.5. The molecule has 2 aromatic carbocycles. The summed E-state index contributed by atoms with van der Waals surface area (Å²) in [4.78, 5) is 15.3. The molecular weight excluding hydrogens is 330 g/mol. The lowest BCUT2D eigenvalue weighted by atomic mass is 10.0. The van der Waals surface area contributed by atoms with Crippen molar-refractivity contribution < 1.29 is 10.0 Å². The molecule has 0 bridgehead atoms. The lowest BCUT2D eigenvalue weighted by Gasteiger charge is -2.43. The average molecular weight is 355 g/mol. The van der Waals surface area contributed by atoms with Gasteiger partial charge in [0.1, 0.15) is 0 Å². The third kappa shape index (κ3) is 4.20. The molecule has 1 atom stereocenters. The quantitative estimate of drug-likeness (QED) is 0.637. The van der Waals surface area contributed by atoms with E-state index in [9.17, 15) is 15.2 Å². The summed E-state index contributed by atoms with van der Waals surface area (Å²) in [6, 6.07) is 15.6. The molecule has 1 heterocycles. The van der Waals surface area contributed by atoms with Crippen LogP contribution in [-0.2, 0) is 6.54 Å². The number of anilines is 1. The number of aliphatic hydroxyl groups is 1. The van der Waals surface area contributed by atoms with Gasteiger partial charge in [-0.3, -0.25) is 15.0 Å². The van der Waals surface area contributed by atoms with Gasteiger partial charge in [0.15, 0.2) is 0 Å². The molecule has 1 aliphatic heterocycles. The first-order valence-electron chi connectivity index (χ1n) is 8.97. The summed E-state index contributed by atoms with van der Waals surface area (Å²) in [6.45, 7) is 5.58. The van der Waals surface area contributed by atoms with E-state index in [-0.39, 0.29) is 23.3 Å². The maximum Gasteiger partial charge on any atom is 0.269 e. The van der Waals surface area contributed by atoms with Crippen LogP contribution in [0.3, 0.4) is 0 Å². The van der Waals surface area contributed by atoms with Crippen LogP contribution >= 0.6 is 0 Å². The highest BCUT2D eigenvalue weighted by molar-refractivity contribution is 5.58. The van der Waals surface area contributed by atoms with Crippen molar-refractivity contribution in [3.63, 3.8) is 0 Å². The van der Waals surface area contributed by atoms with Crippen LogP contribution in [0.25, 0.3) is 0 Å². The van der Waals surface area contributed by atoms with E-state index in [2.05, 4.69) is 34.1 Å². The van der Waals surface area contributed by atoms with Gasteiger partial charge in [0.25, 0.3) is 5.69 Å². The van der Waals surface area contributed by atoms with Crippen LogP contribution in [0.4, 0.5) is 11.4 Å². The summed E-state index contributed by atoms with van der Waals surface area (Å²) in [5.41, 5.74) is 3.33. The highest BCUT2D eigenvalue weighted by Crippen LogP contribution is 2.29. The maximum absolute atomic E-state index is 11.0. The second-order valence-corrected chi connectivity index (χ2v) is 6.81. The van der Waals surface area contributed by atoms with E-state index in [1.807, 2.05) is 19.1 Å². The normalized spacial score (nSPS) is 18.1. The molecule has 6 heteroatoms. The lowest BCUT2D eigenvalue weighted by Crippen LogP contribution is -2.53. The highest BCUT2D eigenvalue weighted by atomic mass is 16.6. The Morgan fingerprint density at radius 2 is 1.96 bits per heavy atom. The van der Waals surface area contributed by atoms with E-state index in [0.29, 0.717) is 6.42 Å². The number of piperazine rings is 1. The molecule has 1 aliphatic rings. The number of aliphatic hydroxyl groups excluding tert-OH is 1. The van der Waals surface area contributed by atoms with Gasteiger partial charge in [0, 0.05) is 56.6 Å². The first-order valence-corrected chi connectivity index (χ1v) is 8.97. The summed E-state index contributed by atoms with van der Waals surface area (Å²) >= 11 is 0. The molecule has 0 radical (unpaired) electrons. The molecule has 1 N–H and O–H groups in total. The number of benzene rings is 2. The Kier molecular flexibility index (Phi) is 5.85. The zero-order valence-corrected chi connectivity index (χ0v) is 15.0. The van der Waals surface area contributed by atoms with Crippen LogP contribution < -0.4 is 4.90 Å². The molecule has 1 fully saturated rings. The molecule has 138 valence electrons. The Morgan fingerprint density at radius 3 is 2.62 bits per heavy atom. The Balaban J connectivity index is 1.75. The summed E-state index contributed by atoms with van der Waals surface area (Å²) in [5, 5.41) is 20.5. The standard InChI is InChI=1S/C20H25N3O3/c1-16-13-18(23(25)26)7-8-20(16)22-11-10-21(15-19(22)9-12-24)14-17-5-3-2-4-6-17/h2-8,13,19,24H,9-12,14-15H2,1H3. The van der Waals surface area contributed by atoms with Gasteiger partial charge in [-0.15, -0.1) is 0 Å². The van der Waals surface area contributed by atoms with Gasteiger partial charge in [-0.25, -0.2) is 0 Å². The molecule has 0 amide bonds. The van der Waals surface area contributed by atoms with E-state index in [1.165, 1.54) is 5.56 Å². The largest absolute Gasteiger partial charge is 0.396 e. The van der Waals surface area contributed by atoms with Crippen molar-refractivity contribution in [1.82, 2.24) is 4.90 Å². The molecule has 3 rings (SSSR count). The second-order valence-electron chi connectivity index (χ2n) is 6.81. The molecular formula is C20H25N3O3. The molecule has 0 spiro atoms. The molecule has 0 aromatic heterocycles. The fourth-order valence-corrected chi connectivity index (χ4v) is 3.69. The van der Waals surface area contributed by atoms with Gasteiger partial charge >= 0.3 is 0 Å². The van der Waals surface area contributed by atoms with Gasteiger partial charge in [-0.2, -0.15) is 0 Å². The molecule has 26 heavy (non-hydrogen) atoms. The van der Waals surface area contributed by atoms with Gasteiger partial charge in [-0.05, 0) is 30.5 Å². The van der Waals surface area contributed by atoms with Crippen molar-refractivity contribution >= 4 is 11.4 Å². The van der Waals surface area contributed by atoms with Crippen molar-refractivity contribution in [2.75, 3.05) is 31.1 Å². The van der Waals surface area contributed by atoms with Crippen LogP contribution in [0.15, 0.2) is 48.5 Å². The third-order valence-electron chi connectivity index (χ3n) is 4.98. The summed E-state index contributed by atoms with van der Waals surface area (Å²) in [7, 11) is 0. The average Bonchev–Trinajstić information content (AvgIpc) is 2.63. The number of non-ortho nitro benzene ring substituents is 1. The smallest absolute Gasteiger partial charge is 0.269 e. The monoisotopic (exact) mass is 355 g/mol. The lowest BCUT2D eigenvalue weighted by molar-refractivity contribution is -0.384. The first kappa shape index (κ1) is 18.4. The van der Waals surface area contributed by atoms with Crippen molar-refractivity contribution in [1.29, 1.82) is 0 Å². The molecule has 2 aromatic rings. The van der Waals surface area contributed by atoms with Gasteiger partial charge in [-0.1, -0.05) is 30.3 Å². The highest BCUT2D eigenvalue weighted by Gasteiger charge is 2.28. The predicted molar refractivity (Wildman–Crippen MR) is 102 cm³/mol. The van der Waals surface area contributed by atoms with E-state index in [4.69, 9.17) is 0 Å². The molecule has 0 aliphatic carbocycles. The number of hydrogen-bond donors (Lipinski definition) is 1. The Bertz CT molecular complexity index is 751. The van der Waals surface area contributed by atoms with Gasteiger partial charge in [0.2, 0.25) is 0 Å². The number of rotatable bonds is 6. The minimum absolute atomic E-state index is 0.118. The molecule has 1 unspecified atom stereocenters. The summed E-state index contributed by atoms with van der Waals surface area (Å²) in [5.74, 6) is 0. The van der Waals surface area contributed by atoms with E-state index >= 15 is 0 Å². The molecule has 6 nitrogen and oxygen atoms in total. The van der Waals surface area contributed by atoms with Crippen LogP contribution in [0.2, 0.25) is 0 Å². The first-order chi connectivity index (χ1) is 12.6. The molecule has 0 saturated carbocycles. The number of hydrogen-bond acceptors (Lipinski definition) is 5. The van der Waals surface area contributed by atoms with Crippen molar-refractivity contribution in [3.05, 3.63) is 69.8 Å². The van der Waals surface area contributed by atoms with Crippen molar-refractivity contribution in [3.8, 4) is 0 Å². The molecule has 1 saturated heterocycles. The zero-order valence-electron chi connectivity index (χ0n) is 15.0. The maximum atomic E-state index is 11.0. The van der Waals surface area contributed by atoms with Crippen LogP contribution in [0, 0.1) is 17.0 Å². The van der Waals surface area contributed by atoms with E-state index in [1.54, 1.807) is 12.1 Å². The topological polar surface area (TPSA) is 69.9 Å². The van der Waals surface area contributed by atoms with E-state index < -0.39 is 0 Å². The van der Waals surface area contributed by atoms with Gasteiger partial charge < -0.3 is 10.0 Å². The summed E-state index contributed by atoms with van der Waals surface area (Å²) < 4.78 is 0. The minimum atomic E-state index is -0.361. The SMILES string of the molecule is Cc1cc([N+](=O)[O-])ccc1N1CCN(Cc2ccccc2)CC1CCO. The number of nitro groups is 1. The minimum Gasteiger partial charge on any atom is -0.396 e. The Hall–Kier alpha value is -2.44. The Morgan fingerprint density at radius 1 is 1.19 bits per heavy atom. The van der Waals surface area contributed by atoms with Crippen LogP contribution in [0.5, 0.6) is 0 Å². The van der Waals surface area contributed by atoms with Crippen molar-refractivity contribution in [2.24, 2.45) is 0 Å². The third-order valence-corrected chi connectivity index (χ3v) is 4.98. The van der Waals surface area contributed by atoms with Crippen LogP contribution in [-0.4, -0.2) is 47.2 Å². The Labute approximate surface area is 153 Å². The van der Waals surface area contributed by atoms with Crippen LogP contribution in [0.1, 0.15) is 17.5 Å². The number of nitrogens with zero attached hydrogens (tertiary/aromatic N) is 3. The fourth-order valence-electron chi connectivity index (χ4n) is 3.69. The number of aryl methyl sites for hydroxylation is 1. The second kappa shape index (κ2) is 8.29.